The minimum absolute atomic E-state index is 0.660. The monoisotopic (exact) mass is 203 g/mol. The zero-order valence-corrected chi connectivity index (χ0v) is 7.93. The second-order valence-electron chi connectivity index (χ2n) is 3.98. The molecule has 0 spiro atoms. The van der Waals surface area contributed by atoms with E-state index in [4.69, 9.17) is 9.63 Å². The van der Waals surface area contributed by atoms with E-state index in [1.165, 1.54) is 0 Å². The molecule has 1 N–H and O–H groups in total. The Morgan fingerprint density at radius 3 is 2.93 bits per heavy atom. The van der Waals surface area contributed by atoms with Crippen LogP contribution in [0.3, 0.4) is 0 Å². The second kappa shape index (κ2) is 2.59. The number of carboxylic acid groups (broad SMARTS) is 1. The van der Waals surface area contributed by atoms with E-state index >= 15 is 0 Å². The molecule has 4 nitrogen and oxygen atoms in total. The minimum atomic E-state index is -0.745. The summed E-state index contributed by atoms with van der Waals surface area (Å²) in [6, 6.07) is 5.50. The topological polar surface area (TPSA) is 63.3 Å². The van der Waals surface area contributed by atoms with Gasteiger partial charge in [0.2, 0.25) is 0 Å². The third kappa shape index (κ3) is 1.08. The first kappa shape index (κ1) is 8.47. The summed E-state index contributed by atoms with van der Waals surface area (Å²) in [6.07, 6.45) is 2.98. The van der Waals surface area contributed by atoms with Gasteiger partial charge in [-0.1, -0.05) is 11.2 Å². The summed E-state index contributed by atoms with van der Waals surface area (Å²) in [5, 5.41) is 13.9. The van der Waals surface area contributed by atoms with Crippen LogP contribution >= 0.6 is 0 Å². The molecular weight excluding hydrogens is 194 g/mol. The second-order valence-corrected chi connectivity index (χ2v) is 3.98. The Hall–Kier alpha value is -1.84. The summed E-state index contributed by atoms with van der Waals surface area (Å²) in [5.41, 5.74) is 0.893. The fraction of sp³-hybridized carbons (Fsp3) is 0.273. The fourth-order valence-electron chi connectivity index (χ4n) is 1.91. The van der Waals surface area contributed by atoms with Gasteiger partial charge in [0.1, 0.15) is 11.8 Å². The highest BCUT2D eigenvalue weighted by Gasteiger charge is 2.51. The maximum absolute atomic E-state index is 11.1. The lowest BCUT2D eigenvalue weighted by Crippen LogP contribution is -2.19. The maximum Gasteiger partial charge on any atom is 0.314 e. The van der Waals surface area contributed by atoms with Gasteiger partial charge in [-0.15, -0.1) is 0 Å². The lowest BCUT2D eigenvalue weighted by molar-refractivity contribution is -0.140. The Balaban J connectivity index is 2.15. The quantitative estimate of drug-likeness (QED) is 0.810. The molecule has 0 saturated heterocycles. The highest BCUT2D eigenvalue weighted by atomic mass is 16.5. The van der Waals surface area contributed by atoms with Gasteiger partial charge in [-0.05, 0) is 30.5 Å². The van der Waals surface area contributed by atoms with Gasteiger partial charge in [0.15, 0.2) is 0 Å². The van der Waals surface area contributed by atoms with Gasteiger partial charge in [-0.25, -0.2) is 0 Å². The van der Waals surface area contributed by atoms with Crippen molar-refractivity contribution in [2.24, 2.45) is 0 Å². The molecule has 2 aromatic rings. The van der Waals surface area contributed by atoms with Gasteiger partial charge in [0.25, 0.3) is 0 Å². The SMILES string of the molecule is O=C(O)C1(c2ccc3conc3c2)CC1. The average Bonchev–Trinajstić information content (AvgIpc) is 2.91. The number of rotatable bonds is 2. The van der Waals surface area contributed by atoms with Crippen LogP contribution in [0.5, 0.6) is 0 Å². The third-order valence-corrected chi connectivity index (χ3v) is 3.07. The summed E-state index contributed by atoms with van der Waals surface area (Å²) in [5.74, 6) is -0.745. The van der Waals surface area contributed by atoms with Gasteiger partial charge < -0.3 is 9.63 Å². The van der Waals surface area contributed by atoms with Crippen LogP contribution < -0.4 is 0 Å². The zero-order chi connectivity index (χ0) is 10.5. The van der Waals surface area contributed by atoms with Crippen molar-refractivity contribution in [3.63, 3.8) is 0 Å². The number of hydrogen-bond acceptors (Lipinski definition) is 3. The van der Waals surface area contributed by atoms with Crippen molar-refractivity contribution >= 4 is 16.9 Å². The Kier molecular flexibility index (Phi) is 1.46. The molecule has 1 heterocycles. The fourth-order valence-corrected chi connectivity index (χ4v) is 1.91. The van der Waals surface area contributed by atoms with E-state index in [0.29, 0.717) is 12.8 Å². The highest BCUT2D eigenvalue weighted by Crippen LogP contribution is 2.48. The van der Waals surface area contributed by atoms with Crippen LogP contribution in [0, 0.1) is 0 Å². The van der Waals surface area contributed by atoms with E-state index in [1.54, 1.807) is 12.3 Å². The van der Waals surface area contributed by atoms with Crippen LogP contribution in [0.15, 0.2) is 29.0 Å². The third-order valence-electron chi connectivity index (χ3n) is 3.07. The number of carboxylic acids is 1. The predicted molar refractivity (Wildman–Crippen MR) is 52.6 cm³/mol. The van der Waals surface area contributed by atoms with Gasteiger partial charge in [-0.2, -0.15) is 0 Å². The average molecular weight is 203 g/mol. The standard InChI is InChI=1S/C11H9NO3/c13-10(14)11(3-4-11)8-2-1-7-6-15-12-9(7)5-8/h1-2,5-6H,3-4H2,(H,13,14). The summed E-state index contributed by atoms with van der Waals surface area (Å²) < 4.78 is 4.82. The van der Waals surface area contributed by atoms with Crippen LogP contribution in [0.25, 0.3) is 10.9 Å². The molecule has 0 bridgehead atoms. The van der Waals surface area contributed by atoms with E-state index in [-0.39, 0.29) is 0 Å². The van der Waals surface area contributed by atoms with Crippen molar-refractivity contribution in [2.75, 3.05) is 0 Å². The van der Waals surface area contributed by atoms with E-state index in [1.807, 2.05) is 12.1 Å². The van der Waals surface area contributed by atoms with Crippen LogP contribution in [0.1, 0.15) is 18.4 Å². The number of nitrogens with zero attached hydrogens (tertiary/aromatic N) is 1. The number of carbonyl (C=O) groups is 1. The number of benzene rings is 1. The molecule has 0 atom stereocenters. The molecule has 1 saturated carbocycles. The predicted octanol–water partition coefficient (Wildman–Crippen LogP) is 1.94. The molecule has 1 fully saturated rings. The first-order valence-corrected chi connectivity index (χ1v) is 4.80. The lowest BCUT2D eigenvalue weighted by atomic mass is 9.95. The molecule has 0 aliphatic heterocycles. The molecule has 1 aromatic heterocycles. The van der Waals surface area contributed by atoms with Crippen molar-refractivity contribution in [1.82, 2.24) is 5.16 Å². The summed E-state index contributed by atoms with van der Waals surface area (Å²) in [4.78, 5) is 11.1. The normalized spacial score (nSPS) is 17.9. The van der Waals surface area contributed by atoms with Crippen LogP contribution in [-0.4, -0.2) is 16.2 Å². The highest BCUT2D eigenvalue weighted by molar-refractivity contribution is 5.87. The molecular formula is C11H9NO3. The zero-order valence-electron chi connectivity index (χ0n) is 7.93. The lowest BCUT2D eigenvalue weighted by Gasteiger charge is -2.08. The maximum atomic E-state index is 11.1. The molecule has 4 heteroatoms. The minimum Gasteiger partial charge on any atom is -0.481 e. The first-order chi connectivity index (χ1) is 7.22. The van der Waals surface area contributed by atoms with Gasteiger partial charge >= 0.3 is 5.97 Å². The molecule has 0 radical (unpaired) electrons. The van der Waals surface area contributed by atoms with Crippen molar-refractivity contribution in [1.29, 1.82) is 0 Å². The Bertz CT molecular complexity index is 540. The number of fused-ring (bicyclic) bond motifs is 1. The molecule has 3 rings (SSSR count). The molecule has 1 aliphatic carbocycles. The van der Waals surface area contributed by atoms with Crippen molar-refractivity contribution in [3.8, 4) is 0 Å². The largest absolute Gasteiger partial charge is 0.481 e. The Labute approximate surface area is 85.5 Å². The van der Waals surface area contributed by atoms with Crippen molar-refractivity contribution in [2.45, 2.75) is 18.3 Å². The Morgan fingerprint density at radius 2 is 2.27 bits per heavy atom. The first-order valence-electron chi connectivity index (χ1n) is 4.80. The van der Waals surface area contributed by atoms with Crippen LogP contribution in [0.4, 0.5) is 0 Å². The van der Waals surface area contributed by atoms with Crippen LogP contribution in [0.2, 0.25) is 0 Å². The summed E-state index contributed by atoms with van der Waals surface area (Å²) in [7, 11) is 0. The van der Waals surface area contributed by atoms with Crippen molar-refractivity contribution in [3.05, 3.63) is 30.0 Å². The number of hydrogen-bond donors (Lipinski definition) is 1. The van der Waals surface area contributed by atoms with Gasteiger partial charge in [0, 0.05) is 5.39 Å². The number of aliphatic carboxylic acids is 1. The van der Waals surface area contributed by atoms with Gasteiger partial charge in [0.05, 0.1) is 5.41 Å². The molecule has 0 unspecified atom stereocenters. The summed E-state index contributed by atoms with van der Waals surface area (Å²) in [6.45, 7) is 0. The molecule has 0 amide bonds. The molecule has 76 valence electrons. The van der Waals surface area contributed by atoms with Crippen LogP contribution in [-0.2, 0) is 10.2 Å². The summed E-state index contributed by atoms with van der Waals surface area (Å²) >= 11 is 0. The van der Waals surface area contributed by atoms with Crippen molar-refractivity contribution < 1.29 is 14.4 Å². The molecule has 1 aromatic carbocycles. The Morgan fingerprint density at radius 1 is 1.47 bits per heavy atom. The van der Waals surface area contributed by atoms with E-state index < -0.39 is 11.4 Å². The smallest absolute Gasteiger partial charge is 0.314 e. The van der Waals surface area contributed by atoms with E-state index in [2.05, 4.69) is 5.16 Å². The van der Waals surface area contributed by atoms with Gasteiger partial charge in [-0.3, -0.25) is 4.79 Å². The molecule has 1 aliphatic rings. The van der Waals surface area contributed by atoms with E-state index in [0.717, 1.165) is 16.5 Å². The number of aromatic nitrogens is 1. The molecule has 15 heavy (non-hydrogen) atoms. The van der Waals surface area contributed by atoms with E-state index in [9.17, 15) is 4.79 Å².